The van der Waals surface area contributed by atoms with E-state index in [2.05, 4.69) is 15.3 Å². The maximum Gasteiger partial charge on any atom is 0.364 e. The van der Waals surface area contributed by atoms with Crippen molar-refractivity contribution >= 4 is 17.2 Å². The molecule has 2 rings (SSSR count). The average molecular weight is 213 g/mol. The van der Waals surface area contributed by atoms with Crippen molar-refractivity contribution in [3.05, 3.63) is 28.3 Å². The van der Waals surface area contributed by atoms with Gasteiger partial charge in [-0.2, -0.15) is 14.7 Å². The Labute approximate surface area is 84.7 Å². The van der Waals surface area contributed by atoms with Crippen LogP contribution >= 0.6 is 11.6 Å². The molecule has 2 heterocycles. The van der Waals surface area contributed by atoms with Crippen molar-refractivity contribution in [3.63, 3.8) is 0 Å². The minimum Gasteiger partial charge on any atom is -0.244 e. The van der Waals surface area contributed by atoms with Crippen molar-refractivity contribution in [2.45, 2.75) is 18.7 Å². The number of H-pyrrole nitrogens is 1. The summed E-state index contributed by atoms with van der Waals surface area (Å²) in [7, 11) is 0. The van der Waals surface area contributed by atoms with E-state index in [0.29, 0.717) is 12.1 Å². The number of alkyl halides is 1. The molecule has 1 atom stereocenters. The highest BCUT2D eigenvalue weighted by Gasteiger charge is 2.04. The van der Waals surface area contributed by atoms with Crippen molar-refractivity contribution in [2.24, 2.45) is 0 Å². The van der Waals surface area contributed by atoms with Gasteiger partial charge in [0.25, 0.3) is 0 Å². The predicted octanol–water partition coefficient (Wildman–Crippen LogP) is 0.587. The Morgan fingerprint density at radius 3 is 3.14 bits per heavy atom. The van der Waals surface area contributed by atoms with E-state index in [-0.39, 0.29) is 11.1 Å². The normalized spacial score (nSPS) is 13.3. The minimum atomic E-state index is -0.330. The maximum absolute atomic E-state index is 11.2. The molecule has 0 spiro atoms. The summed E-state index contributed by atoms with van der Waals surface area (Å²) in [5.41, 5.74) is 0.966. The first-order chi connectivity index (χ1) is 6.66. The lowest BCUT2D eigenvalue weighted by Gasteiger charge is -2.01. The van der Waals surface area contributed by atoms with E-state index in [9.17, 15) is 4.79 Å². The van der Waals surface area contributed by atoms with Gasteiger partial charge >= 0.3 is 5.69 Å². The Hall–Kier alpha value is -1.36. The molecule has 0 saturated carbocycles. The third kappa shape index (κ3) is 1.63. The summed E-state index contributed by atoms with van der Waals surface area (Å²) < 4.78 is 1.23. The van der Waals surface area contributed by atoms with Gasteiger partial charge in [0, 0.05) is 11.8 Å². The summed E-state index contributed by atoms with van der Waals surface area (Å²) in [6.45, 7) is 1.88. The molecule has 0 aromatic carbocycles. The number of fused-ring (bicyclic) bond motifs is 1. The third-order valence-electron chi connectivity index (χ3n) is 1.82. The van der Waals surface area contributed by atoms with Crippen LogP contribution in [0.2, 0.25) is 0 Å². The van der Waals surface area contributed by atoms with Crippen LogP contribution in [0.5, 0.6) is 0 Å². The molecule has 0 radical (unpaired) electrons. The molecule has 1 unspecified atom stereocenters. The molecule has 0 aliphatic heterocycles. The molecular weight excluding hydrogens is 204 g/mol. The Balaban J connectivity index is 2.49. The first-order valence-electron chi connectivity index (χ1n) is 4.24. The van der Waals surface area contributed by atoms with Gasteiger partial charge in [-0.25, -0.2) is 9.89 Å². The number of aromatic amines is 1. The number of rotatable bonds is 2. The Morgan fingerprint density at radius 1 is 1.64 bits per heavy atom. The maximum atomic E-state index is 11.2. The van der Waals surface area contributed by atoms with Gasteiger partial charge in [0.15, 0.2) is 5.65 Å². The van der Waals surface area contributed by atoms with Gasteiger partial charge in [-0.15, -0.1) is 11.6 Å². The van der Waals surface area contributed by atoms with Crippen LogP contribution in [0.3, 0.4) is 0 Å². The number of nitrogens with zero attached hydrogens (tertiary/aromatic N) is 3. The lowest BCUT2D eigenvalue weighted by atomic mass is 10.2. The monoisotopic (exact) mass is 212 g/mol. The number of nitrogens with one attached hydrogen (secondary N) is 1. The molecule has 0 amide bonds. The molecular formula is C8H9ClN4O. The molecule has 2 aromatic heterocycles. The highest BCUT2D eigenvalue weighted by molar-refractivity contribution is 6.20. The van der Waals surface area contributed by atoms with Crippen LogP contribution in [0, 0.1) is 0 Å². The van der Waals surface area contributed by atoms with Crippen LogP contribution < -0.4 is 5.69 Å². The highest BCUT2D eigenvalue weighted by Crippen LogP contribution is 2.04. The lowest BCUT2D eigenvalue weighted by Crippen LogP contribution is -2.14. The SMILES string of the molecule is CC(Cl)Cc1ccc2n[nH]c(=O)n2n1. The van der Waals surface area contributed by atoms with E-state index in [1.807, 2.05) is 13.0 Å². The van der Waals surface area contributed by atoms with Crippen molar-refractivity contribution in [1.29, 1.82) is 0 Å². The largest absolute Gasteiger partial charge is 0.364 e. The van der Waals surface area contributed by atoms with Crippen molar-refractivity contribution in [1.82, 2.24) is 19.8 Å². The summed E-state index contributed by atoms with van der Waals surface area (Å²) in [6, 6.07) is 3.55. The summed E-state index contributed by atoms with van der Waals surface area (Å²) in [5, 5.41) is 10.2. The van der Waals surface area contributed by atoms with Gasteiger partial charge in [-0.3, -0.25) is 0 Å². The molecule has 1 N–H and O–H groups in total. The quantitative estimate of drug-likeness (QED) is 0.741. The second-order valence-corrected chi connectivity index (χ2v) is 3.85. The predicted molar refractivity (Wildman–Crippen MR) is 52.6 cm³/mol. The van der Waals surface area contributed by atoms with E-state index in [4.69, 9.17) is 11.6 Å². The fourth-order valence-corrected chi connectivity index (χ4v) is 1.40. The number of hydrogen-bond donors (Lipinski definition) is 1. The molecule has 74 valence electrons. The molecule has 0 aliphatic carbocycles. The third-order valence-corrected chi connectivity index (χ3v) is 1.97. The number of halogens is 1. The zero-order valence-corrected chi connectivity index (χ0v) is 8.32. The number of hydrogen-bond acceptors (Lipinski definition) is 3. The van der Waals surface area contributed by atoms with Gasteiger partial charge in [-0.05, 0) is 19.1 Å². The van der Waals surface area contributed by atoms with E-state index >= 15 is 0 Å². The standard InChI is InChI=1S/C8H9ClN4O/c1-5(9)4-6-2-3-7-10-11-8(14)13(7)12-6/h2-3,5H,4H2,1H3,(H,11,14). The fraction of sp³-hybridized carbons (Fsp3) is 0.375. The zero-order chi connectivity index (χ0) is 10.1. The summed E-state index contributed by atoms with van der Waals surface area (Å²) in [5.74, 6) is 0. The van der Waals surface area contributed by atoms with Gasteiger partial charge in [0.05, 0.1) is 5.69 Å². The van der Waals surface area contributed by atoms with E-state index < -0.39 is 0 Å². The molecule has 6 heteroatoms. The van der Waals surface area contributed by atoms with Gasteiger partial charge in [0.2, 0.25) is 0 Å². The smallest absolute Gasteiger partial charge is 0.244 e. The van der Waals surface area contributed by atoms with Gasteiger partial charge < -0.3 is 0 Å². The Bertz CT molecular complexity index is 501. The van der Waals surface area contributed by atoms with Crippen LogP contribution in [0.15, 0.2) is 16.9 Å². The van der Waals surface area contributed by atoms with Gasteiger partial charge in [-0.1, -0.05) is 0 Å². The summed E-state index contributed by atoms with van der Waals surface area (Å²) in [4.78, 5) is 11.2. The molecule has 0 bridgehead atoms. The fourth-order valence-electron chi connectivity index (χ4n) is 1.24. The van der Waals surface area contributed by atoms with E-state index in [1.165, 1.54) is 4.52 Å². The van der Waals surface area contributed by atoms with Crippen molar-refractivity contribution < 1.29 is 0 Å². The summed E-state index contributed by atoms with van der Waals surface area (Å²) >= 11 is 5.83. The van der Waals surface area contributed by atoms with Crippen LogP contribution in [-0.4, -0.2) is 25.2 Å². The molecule has 5 nitrogen and oxygen atoms in total. The molecule has 2 aromatic rings. The van der Waals surface area contributed by atoms with Crippen LogP contribution in [-0.2, 0) is 6.42 Å². The second-order valence-electron chi connectivity index (χ2n) is 3.11. The van der Waals surface area contributed by atoms with E-state index in [0.717, 1.165) is 5.69 Å². The first-order valence-corrected chi connectivity index (χ1v) is 4.68. The van der Waals surface area contributed by atoms with Gasteiger partial charge in [0.1, 0.15) is 0 Å². The first kappa shape index (κ1) is 9.21. The lowest BCUT2D eigenvalue weighted by molar-refractivity contribution is 0.794. The molecule has 0 saturated heterocycles. The zero-order valence-electron chi connectivity index (χ0n) is 7.57. The average Bonchev–Trinajstić information content (AvgIpc) is 2.47. The topological polar surface area (TPSA) is 63.0 Å². The Kier molecular flexibility index (Phi) is 2.25. The molecule has 14 heavy (non-hydrogen) atoms. The van der Waals surface area contributed by atoms with Crippen LogP contribution in [0.4, 0.5) is 0 Å². The Morgan fingerprint density at radius 2 is 2.43 bits per heavy atom. The minimum absolute atomic E-state index is 0.00236. The van der Waals surface area contributed by atoms with E-state index in [1.54, 1.807) is 6.07 Å². The molecule has 0 fully saturated rings. The number of aromatic nitrogens is 4. The molecule has 0 aliphatic rings. The van der Waals surface area contributed by atoms with Crippen molar-refractivity contribution in [3.8, 4) is 0 Å². The highest BCUT2D eigenvalue weighted by atomic mass is 35.5. The van der Waals surface area contributed by atoms with Crippen LogP contribution in [0.1, 0.15) is 12.6 Å². The van der Waals surface area contributed by atoms with Crippen LogP contribution in [0.25, 0.3) is 5.65 Å². The summed E-state index contributed by atoms with van der Waals surface area (Å²) in [6.07, 6.45) is 0.634. The van der Waals surface area contributed by atoms with Crippen molar-refractivity contribution in [2.75, 3.05) is 0 Å². The second kappa shape index (κ2) is 3.42.